The smallest absolute Gasteiger partial charge is 0.205 e. The average Bonchev–Trinajstić information content (AvgIpc) is 3.23. The molecule has 5 nitrogen and oxygen atoms in total. The molecule has 1 aliphatic heterocycles. The molecular formula is C27H18N4O. The van der Waals surface area contributed by atoms with E-state index in [0.29, 0.717) is 11.3 Å². The summed E-state index contributed by atoms with van der Waals surface area (Å²) in [5, 5.41) is 12.1. The Bertz CT molecular complexity index is 1570. The minimum Gasteiger partial charge on any atom is -0.438 e. The van der Waals surface area contributed by atoms with Crippen molar-refractivity contribution in [1.29, 1.82) is 5.26 Å². The predicted octanol–water partition coefficient (Wildman–Crippen LogP) is 5.60. The van der Waals surface area contributed by atoms with E-state index in [0.717, 1.165) is 44.2 Å². The summed E-state index contributed by atoms with van der Waals surface area (Å²) in [6.45, 7) is 0. The molecule has 5 heteroatoms. The fraction of sp³-hybridized carbons (Fsp3) is 0.0370. The van der Waals surface area contributed by atoms with Crippen molar-refractivity contribution in [3.8, 4) is 23.1 Å². The standard InChI is InChI=1S/C27H18N4O/c28-15-20-22(19-13-12-17-9-6-14-30-25(17)26(19)32-27(20)29)23-18-10-4-5-11-21(18)31-24(23)16-7-2-1-3-8-16/h1-14,22,31H,29H2. The largest absolute Gasteiger partial charge is 0.438 e. The summed E-state index contributed by atoms with van der Waals surface area (Å²) in [4.78, 5) is 8.12. The second-order valence-electron chi connectivity index (χ2n) is 7.81. The van der Waals surface area contributed by atoms with Crippen LogP contribution >= 0.6 is 0 Å². The van der Waals surface area contributed by atoms with Crippen molar-refractivity contribution >= 4 is 21.8 Å². The van der Waals surface area contributed by atoms with Crippen molar-refractivity contribution in [2.24, 2.45) is 5.73 Å². The molecule has 5 aromatic rings. The first-order valence-electron chi connectivity index (χ1n) is 10.4. The summed E-state index contributed by atoms with van der Waals surface area (Å²) in [5.74, 6) is 0.336. The molecule has 0 bridgehead atoms. The number of H-pyrrole nitrogens is 1. The number of aromatic amines is 1. The number of benzene rings is 3. The molecule has 0 radical (unpaired) electrons. The van der Waals surface area contributed by atoms with Gasteiger partial charge < -0.3 is 15.5 Å². The molecule has 0 aliphatic carbocycles. The van der Waals surface area contributed by atoms with Crippen LogP contribution in [0.5, 0.6) is 5.75 Å². The quantitative estimate of drug-likeness (QED) is 0.393. The van der Waals surface area contributed by atoms with E-state index < -0.39 is 0 Å². The molecule has 1 atom stereocenters. The average molecular weight is 414 g/mol. The third-order valence-electron chi connectivity index (χ3n) is 6.05. The molecule has 0 amide bonds. The Labute approximate surface area is 184 Å². The van der Waals surface area contributed by atoms with Gasteiger partial charge in [-0.1, -0.05) is 66.7 Å². The second kappa shape index (κ2) is 7.00. The highest BCUT2D eigenvalue weighted by atomic mass is 16.5. The zero-order valence-corrected chi connectivity index (χ0v) is 17.0. The van der Waals surface area contributed by atoms with E-state index in [1.54, 1.807) is 6.20 Å². The number of rotatable bonds is 2. The van der Waals surface area contributed by atoms with Gasteiger partial charge in [-0.3, -0.25) is 4.98 Å². The van der Waals surface area contributed by atoms with Gasteiger partial charge in [0, 0.05) is 28.0 Å². The molecule has 2 aromatic heterocycles. The number of ether oxygens (including phenoxy) is 1. The van der Waals surface area contributed by atoms with Crippen LogP contribution in [-0.2, 0) is 0 Å². The molecule has 6 rings (SSSR count). The van der Waals surface area contributed by atoms with Gasteiger partial charge in [-0.05, 0) is 23.3 Å². The van der Waals surface area contributed by atoms with Gasteiger partial charge in [-0.2, -0.15) is 5.26 Å². The van der Waals surface area contributed by atoms with Crippen LogP contribution in [0.1, 0.15) is 17.0 Å². The van der Waals surface area contributed by atoms with E-state index in [1.807, 2.05) is 60.7 Å². The zero-order valence-electron chi connectivity index (χ0n) is 17.0. The van der Waals surface area contributed by atoms with Gasteiger partial charge in [-0.15, -0.1) is 0 Å². The van der Waals surface area contributed by atoms with Crippen LogP contribution in [0.3, 0.4) is 0 Å². The van der Waals surface area contributed by atoms with Crippen molar-refractivity contribution in [1.82, 2.24) is 9.97 Å². The van der Waals surface area contributed by atoms with Crippen molar-refractivity contribution in [2.45, 2.75) is 5.92 Å². The molecular weight excluding hydrogens is 396 g/mol. The molecule has 1 unspecified atom stereocenters. The Balaban J connectivity index is 1.72. The van der Waals surface area contributed by atoms with Crippen LogP contribution < -0.4 is 10.5 Å². The highest BCUT2D eigenvalue weighted by Gasteiger charge is 2.35. The molecule has 3 N–H and O–H groups in total. The summed E-state index contributed by atoms with van der Waals surface area (Å²) in [7, 11) is 0. The van der Waals surface area contributed by atoms with E-state index in [9.17, 15) is 5.26 Å². The lowest BCUT2D eigenvalue weighted by Crippen LogP contribution is -2.21. The summed E-state index contributed by atoms with van der Waals surface area (Å²) in [5.41, 5.74) is 12.3. The molecule has 0 saturated carbocycles. The van der Waals surface area contributed by atoms with E-state index in [-0.39, 0.29) is 11.8 Å². The van der Waals surface area contributed by atoms with E-state index in [4.69, 9.17) is 10.5 Å². The number of nitrogens with zero attached hydrogens (tertiary/aromatic N) is 2. The highest BCUT2D eigenvalue weighted by molar-refractivity contribution is 5.94. The Hall–Kier alpha value is -4.56. The lowest BCUT2D eigenvalue weighted by Gasteiger charge is -2.27. The summed E-state index contributed by atoms with van der Waals surface area (Å²) in [6, 6.07) is 28.5. The first-order valence-corrected chi connectivity index (χ1v) is 10.4. The SMILES string of the molecule is N#CC1=C(N)Oc2c(ccc3cccnc23)C1c1c(-c2ccccc2)[nH]c2ccccc12. The van der Waals surface area contributed by atoms with Crippen molar-refractivity contribution in [3.05, 3.63) is 108 Å². The topological polar surface area (TPSA) is 87.7 Å². The van der Waals surface area contributed by atoms with Gasteiger partial charge in [0.1, 0.15) is 17.2 Å². The Morgan fingerprint density at radius 3 is 2.59 bits per heavy atom. The summed E-state index contributed by atoms with van der Waals surface area (Å²) in [6.07, 6.45) is 1.74. The van der Waals surface area contributed by atoms with Gasteiger partial charge >= 0.3 is 0 Å². The zero-order chi connectivity index (χ0) is 21.7. The number of hydrogen-bond acceptors (Lipinski definition) is 4. The number of para-hydroxylation sites is 1. The number of pyridine rings is 1. The van der Waals surface area contributed by atoms with Crippen molar-refractivity contribution in [2.75, 3.05) is 0 Å². The Morgan fingerprint density at radius 1 is 0.938 bits per heavy atom. The van der Waals surface area contributed by atoms with Gasteiger partial charge in [0.15, 0.2) is 5.75 Å². The minimum atomic E-state index is -0.387. The number of nitrogens with one attached hydrogen (secondary N) is 1. The highest BCUT2D eigenvalue weighted by Crippen LogP contribution is 2.49. The third-order valence-corrected chi connectivity index (χ3v) is 6.05. The Morgan fingerprint density at radius 2 is 1.75 bits per heavy atom. The number of aromatic nitrogens is 2. The number of hydrogen-bond donors (Lipinski definition) is 2. The van der Waals surface area contributed by atoms with E-state index in [2.05, 4.69) is 34.2 Å². The minimum absolute atomic E-state index is 0.118. The summed E-state index contributed by atoms with van der Waals surface area (Å²) >= 11 is 0. The molecule has 1 aliphatic rings. The molecule has 0 saturated heterocycles. The molecule has 0 spiro atoms. The van der Waals surface area contributed by atoms with Gasteiger partial charge in [0.2, 0.25) is 5.88 Å². The van der Waals surface area contributed by atoms with Gasteiger partial charge in [0.05, 0.1) is 11.6 Å². The van der Waals surface area contributed by atoms with E-state index in [1.165, 1.54) is 0 Å². The molecule has 0 fully saturated rings. The lowest BCUT2D eigenvalue weighted by molar-refractivity contribution is 0.398. The maximum atomic E-state index is 10.1. The van der Waals surface area contributed by atoms with Crippen LogP contribution in [0, 0.1) is 11.3 Å². The maximum absolute atomic E-state index is 10.1. The number of fused-ring (bicyclic) bond motifs is 4. The van der Waals surface area contributed by atoms with Crippen LogP contribution in [0.15, 0.2) is 96.5 Å². The number of allylic oxidation sites excluding steroid dienone is 1. The van der Waals surface area contributed by atoms with Crippen LogP contribution in [0.2, 0.25) is 0 Å². The molecule has 3 aromatic carbocycles. The Kier molecular flexibility index (Phi) is 3.99. The predicted molar refractivity (Wildman–Crippen MR) is 125 cm³/mol. The van der Waals surface area contributed by atoms with Crippen LogP contribution in [0.25, 0.3) is 33.1 Å². The molecule has 152 valence electrons. The molecule has 32 heavy (non-hydrogen) atoms. The number of nitrogens with two attached hydrogens (primary N) is 1. The first-order chi connectivity index (χ1) is 15.8. The van der Waals surface area contributed by atoms with Gasteiger partial charge in [0.25, 0.3) is 0 Å². The first kappa shape index (κ1) is 18.2. The van der Waals surface area contributed by atoms with Crippen molar-refractivity contribution in [3.63, 3.8) is 0 Å². The normalized spacial score (nSPS) is 15.4. The monoisotopic (exact) mass is 414 g/mol. The molecule has 3 heterocycles. The number of nitriles is 1. The maximum Gasteiger partial charge on any atom is 0.205 e. The van der Waals surface area contributed by atoms with E-state index >= 15 is 0 Å². The second-order valence-corrected chi connectivity index (χ2v) is 7.81. The fourth-order valence-corrected chi connectivity index (χ4v) is 4.65. The lowest BCUT2D eigenvalue weighted by atomic mass is 9.80. The van der Waals surface area contributed by atoms with Crippen LogP contribution in [-0.4, -0.2) is 9.97 Å². The van der Waals surface area contributed by atoms with Crippen LogP contribution in [0.4, 0.5) is 0 Å². The summed E-state index contributed by atoms with van der Waals surface area (Å²) < 4.78 is 6.00. The van der Waals surface area contributed by atoms with Crippen molar-refractivity contribution < 1.29 is 4.74 Å². The third kappa shape index (κ3) is 2.60. The van der Waals surface area contributed by atoms with Gasteiger partial charge in [-0.25, -0.2) is 0 Å². The fourth-order valence-electron chi connectivity index (χ4n) is 4.65.